The van der Waals surface area contributed by atoms with E-state index in [0.717, 1.165) is 22.4 Å². The molecule has 1 N–H and O–H groups in total. The fourth-order valence-electron chi connectivity index (χ4n) is 2.61. The Labute approximate surface area is 165 Å². The van der Waals surface area contributed by atoms with Crippen LogP contribution in [0.5, 0.6) is 5.75 Å². The molecule has 0 aliphatic heterocycles. The second kappa shape index (κ2) is 8.71. The Hall–Kier alpha value is -3.12. The van der Waals surface area contributed by atoms with Gasteiger partial charge in [-0.25, -0.2) is 4.83 Å². The first-order valence-corrected chi connectivity index (χ1v) is 10.3. The van der Waals surface area contributed by atoms with Crippen LogP contribution in [-0.2, 0) is 16.6 Å². The van der Waals surface area contributed by atoms with Crippen molar-refractivity contribution in [2.75, 3.05) is 0 Å². The Morgan fingerprint density at radius 3 is 2.39 bits per heavy atom. The first kappa shape index (κ1) is 19.6. The van der Waals surface area contributed by atoms with Gasteiger partial charge in [0.05, 0.1) is 11.1 Å². The molecule has 6 heteroatoms. The van der Waals surface area contributed by atoms with Crippen molar-refractivity contribution in [2.24, 2.45) is 5.10 Å². The van der Waals surface area contributed by atoms with Gasteiger partial charge in [-0.1, -0.05) is 42.5 Å². The standard InChI is InChI=1S/C22H22N2O3S/c1-17-8-9-18(2)22(14-17)28(25,26)24-23-15-19-10-12-21(13-11-19)27-16-20-6-4-3-5-7-20/h3-15,24H,16H2,1-2H3. The van der Waals surface area contributed by atoms with E-state index in [0.29, 0.717) is 12.2 Å². The predicted molar refractivity (Wildman–Crippen MR) is 111 cm³/mol. The summed E-state index contributed by atoms with van der Waals surface area (Å²) >= 11 is 0. The van der Waals surface area contributed by atoms with Gasteiger partial charge in [0.25, 0.3) is 10.0 Å². The molecule has 0 heterocycles. The lowest BCUT2D eigenvalue weighted by atomic mass is 10.2. The first-order valence-electron chi connectivity index (χ1n) is 8.83. The van der Waals surface area contributed by atoms with Crippen LogP contribution in [0, 0.1) is 13.8 Å². The lowest BCUT2D eigenvalue weighted by molar-refractivity contribution is 0.306. The third-order valence-corrected chi connectivity index (χ3v) is 5.51. The number of hydrogen-bond donors (Lipinski definition) is 1. The largest absolute Gasteiger partial charge is 0.489 e. The highest BCUT2D eigenvalue weighted by atomic mass is 32.2. The van der Waals surface area contributed by atoms with Crippen LogP contribution in [0.2, 0.25) is 0 Å². The van der Waals surface area contributed by atoms with Crippen LogP contribution in [0.3, 0.4) is 0 Å². The molecular formula is C22H22N2O3S. The molecule has 0 aliphatic carbocycles. The van der Waals surface area contributed by atoms with Crippen molar-refractivity contribution in [2.45, 2.75) is 25.3 Å². The Bertz CT molecular complexity index is 1060. The second-order valence-corrected chi connectivity index (χ2v) is 8.09. The molecule has 0 fully saturated rings. The highest BCUT2D eigenvalue weighted by Crippen LogP contribution is 2.17. The predicted octanol–water partition coefficient (Wildman–Crippen LogP) is 4.19. The van der Waals surface area contributed by atoms with Gasteiger partial charge >= 0.3 is 0 Å². The minimum Gasteiger partial charge on any atom is -0.489 e. The maximum absolute atomic E-state index is 12.4. The number of hydrogen-bond acceptors (Lipinski definition) is 4. The molecule has 0 saturated heterocycles. The van der Waals surface area contributed by atoms with Crippen LogP contribution in [0.15, 0.2) is 82.8 Å². The molecule has 0 saturated carbocycles. The molecule has 28 heavy (non-hydrogen) atoms. The molecule has 3 rings (SSSR count). The minimum absolute atomic E-state index is 0.231. The number of hydrazone groups is 1. The Morgan fingerprint density at radius 1 is 0.964 bits per heavy atom. The molecule has 0 unspecified atom stereocenters. The molecule has 0 aliphatic rings. The van der Waals surface area contributed by atoms with Gasteiger partial charge in [-0.2, -0.15) is 13.5 Å². The highest BCUT2D eigenvalue weighted by Gasteiger charge is 2.15. The van der Waals surface area contributed by atoms with Crippen LogP contribution in [-0.4, -0.2) is 14.6 Å². The molecule has 0 bridgehead atoms. The van der Waals surface area contributed by atoms with Gasteiger partial charge in [0.2, 0.25) is 0 Å². The van der Waals surface area contributed by atoms with E-state index in [1.807, 2.05) is 67.6 Å². The summed E-state index contributed by atoms with van der Waals surface area (Å²) in [6.07, 6.45) is 1.46. The molecule has 0 radical (unpaired) electrons. The van der Waals surface area contributed by atoms with Gasteiger partial charge in [0, 0.05) is 0 Å². The summed E-state index contributed by atoms with van der Waals surface area (Å²) in [4.78, 5) is 2.49. The van der Waals surface area contributed by atoms with Crippen LogP contribution in [0.25, 0.3) is 0 Å². The fraction of sp³-hybridized carbons (Fsp3) is 0.136. The van der Waals surface area contributed by atoms with Crippen molar-refractivity contribution in [1.82, 2.24) is 4.83 Å². The monoisotopic (exact) mass is 394 g/mol. The van der Waals surface area contributed by atoms with Gasteiger partial charge < -0.3 is 4.74 Å². The fourth-order valence-corrected chi connectivity index (χ4v) is 3.73. The van der Waals surface area contributed by atoms with Gasteiger partial charge in [-0.3, -0.25) is 0 Å². The highest BCUT2D eigenvalue weighted by molar-refractivity contribution is 7.89. The number of ether oxygens (including phenoxy) is 1. The lowest BCUT2D eigenvalue weighted by Gasteiger charge is -2.08. The van der Waals surface area contributed by atoms with Crippen molar-refractivity contribution in [3.05, 3.63) is 95.1 Å². The number of benzene rings is 3. The summed E-state index contributed by atoms with van der Waals surface area (Å²) in [5.74, 6) is 0.733. The van der Waals surface area contributed by atoms with Crippen molar-refractivity contribution in [1.29, 1.82) is 0 Å². The van der Waals surface area contributed by atoms with E-state index in [2.05, 4.69) is 9.93 Å². The van der Waals surface area contributed by atoms with E-state index in [9.17, 15) is 8.42 Å². The maximum Gasteiger partial charge on any atom is 0.276 e. The summed E-state index contributed by atoms with van der Waals surface area (Å²) in [7, 11) is -3.70. The Kier molecular flexibility index (Phi) is 6.11. The Morgan fingerprint density at radius 2 is 1.68 bits per heavy atom. The average Bonchev–Trinajstić information content (AvgIpc) is 2.70. The topological polar surface area (TPSA) is 67.8 Å². The summed E-state index contributed by atoms with van der Waals surface area (Å²) in [6, 6.07) is 22.5. The third kappa shape index (κ3) is 5.20. The number of rotatable bonds is 7. The molecule has 0 atom stereocenters. The second-order valence-electron chi connectivity index (χ2n) is 6.47. The smallest absolute Gasteiger partial charge is 0.276 e. The van der Waals surface area contributed by atoms with E-state index < -0.39 is 10.0 Å². The zero-order chi connectivity index (χ0) is 20.0. The molecule has 144 valence electrons. The molecule has 3 aromatic carbocycles. The molecule has 0 aromatic heterocycles. The van der Waals surface area contributed by atoms with E-state index in [1.54, 1.807) is 19.1 Å². The van der Waals surface area contributed by atoms with E-state index in [1.165, 1.54) is 6.21 Å². The minimum atomic E-state index is -3.70. The third-order valence-electron chi connectivity index (χ3n) is 4.15. The molecule has 0 amide bonds. The molecule has 0 spiro atoms. The summed E-state index contributed by atoms with van der Waals surface area (Å²) < 4.78 is 30.6. The normalized spacial score (nSPS) is 11.5. The van der Waals surface area contributed by atoms with Crippen LogP contribution in [0.1, 0.15) is 22.3 Å². The molecule has 5 nitrogen and oxygen atoms in total. The van der Waals surface area contributed by atoms with Crippen LogP contribution in [0.4, 0.5) is 0 Å². The maximum atomic E-state index is 12.4. The quantitative estimate of drug-likeness (QED) is 0.482. The number of nitrogens with one attached hydrogen (secondary N) is 1. The SMILES string of the molecule is Cc1ccc(C)c(S(=O)(=O)NN=Cc2ccc(OCc3ccccc3)cc2)c1. The van der Waals surface area contributed by atoms with Crippen molar-refractivity contribution in [3.8, 4) is 5.75 Å². The number of aryl methyl sites for hydroxylation is 2. The average molecular weight is 394 g/mol. The zero-order valence-electron chi connectivity index (χ0n) is 15.8. The lowest BCUT2D eigenvalue weighted by Crippen LogP contribution is -2.19. The Balaban J connectivity index is 1.60. The molecular weight excluding hydrogens is 372 g/mol. The van der Waals surface area contributed by atoms with Crippen molar-refractivity contribution >= 4 is 16.2 Å². The van der Waals surface area contributed by atoms with E-state index in [-0.39, 0.29) is 4.90 Å². The van der Waals surface area contributed by atoms with Gasteiger partial charge in [0.15, 0.2) is 0 Å². The van der Waals surface area contributed by atoms with Crippen LogP contribution < -0.4 is 9.57 Å². The van der Waals surface area contributed by atoms with Crippen molar-refractivity contribution in [3.63, 3.8) is 0 Å². The zero-order valence-corrected chi connectivity index (χ0v) is 16.6. The summed E-state index contributed by atoms with van der Waals surface area (Å²) in [5.41, 5.74) is 3.40. The summed E-state index contributed by atoms with van der Waals surface area (Å²) in [5, 5.41) is 3.88. The van der Waals surface area contributed by atoms with Gasteiger partial charge in [0.1, 0.15) is 12.4 Å². The van der Waals surface area contributed by atoms with E-state index >= 15 is 0 Å². The molecule has 3 aromatic rings. The van der Waals surface area contributed by atoms with Gasteiger partial charge in [-0.15, -0.1) is 0 Å². The first-order chi connectivity index (χ1) is 13.4. The summed E-state index contributed by atoms with van der Waals surface area (Å²) in [6.45, 7) is 4.10. The number of sulfonamides is 1. The number of nitrogens with zero attached hydrogens (tertiary/aromatic N) is 1. The van der Waals surface area contributed by atoms with E-state index in [4.69, 9.17) is 4.74 Å². The van der Waals surface area contributed by atoms with Crippen molar-refractivity contribution < 1.29 is 13.2 Å². The van der Waals surface area contributed by atoms with Gasteiger partial charge in [-0.05, 0) is 66.4 Å². The van der Waals surface area contributed by atoms with Crippen LogP contribution >= 0.6 is 0 Å².